The number of carbonyl (C=O) groups is 1. The van der Waals surface area contributed by atoms with Crippen LogP contribution in [-0.2, 0) is 29.3 Å². The Morgan fingerprint density at radius 2 is 1.60 bits per heavy atom. The van der Waals surface area contributed by atoms with Crippen LogP contribution in [0.3, 0.4) is 0 Å². The summed E-state index contributed by atoms with van der Waals surface area (Å²) in [5, 5.41) is -0.127. The Labute approximate surface area is 259 Å². The van der Waals surface area contributed by atoms with Crippen LogP contribution in [0.15, 0.2) is 69.9 Å². The first-order valence-electron chi connectivity index (χ1n) is 14.9. The Hall–Kier alpha value is -4.15. The third-order valence-electron chi connectivity index (χ3n) is 7.69. The Kier molecular flexibility index (Phi) is 9.36. The van der Waals surface area contributed by atoms with Crippen LogP contribution in [0.25, 0.3) is 11.0 Å². The summed E-state index contributed by atoms with van der Waals surface area (Å²) in [4.78, 5) is 28.8. The monoisotopic (exact) mass is 623 g/mol. The molecule has 2 heterocycles. The molecule has 0 unspecified atom stereocenters. The average molecular weight is 624 g/mol. The van der Waals surface area contributed by atoms with E-state index in [2.05, 4.69) is 20.8 Å². The van der Waals surface area contributed by atoms with Crippen LogP contribution in [0.1, 0.15) is 66.9 Å². The third-order valence-corrected chi connectivity index (χ3v) is 7.69. The zero-order chi connectivity index (χ0) is 32.4. The molecule has 4 aromatic rings. The van der Waals surface area contributed by atoms with E-state index in [4.69, 9.17) is 18.6 Å². The fourth-order valence-corrected chi connectivity index (χ4v) is 5.18. The smallest absolute Gasteiger partial charge is 0.449 e. The largest absolute Gasteiger partial charge is 0.453 e. The molecule has 0 aliphatic carbocycles. The van der Waals surface area contributed by atoms with Gasteiger partial charge in [-0.15, -0.1) is 0 Å². The van der Waals surface area contributed by atoms with Crippen molar-refractivity contribution in [2.24, 2.45) is 0 Å². The summed E-state index contributed by atoms with van der Waals surface area (Å²) in [6.45, 7) is 10.1. The van der Waals surface area contributed by atoms with Crippen LogP contribution in [0, 0.1) is 0 Å². The molecular weight excluding hydrogens is 587 g/mol. The maximum absolute atomic E-state index is 14.4. The van der Waals surface area contributed by atoms with Gasteiger partial charge in [-0.2, -0.15) is 13.2 Å². The van der Waals surface area contributed by atoms with E-state index in [1.807, 2.05) is 24.0 Å². The van der Waals surface area contributed by atoms with Gasteiger partial charge >= 0.3 is 12.1 Å². The summed E-state index contributed by atoms with van der Waals surface area (Å²) in [5.74, 6) is -3.15. The highest BCUT2D eigenvalue weighted by Crippen LogP contribution is 2.40. The van der Waals surface area contributed by atoms with Crippen LogP contribution in [0.5, 0.6) is 17.2 Å². The first kappa shape index (κ1) is 32.2. The summed E-state index contributed by atoms with van der Waals surface area (Å²) in [6.07, 6.45) is -3.35. The molecule has 10 heteroatoms. The van der Waals surface area contributed by atoms with Crippen molar-refractivity contribution in [3.63, 3.8) is 0 Å². The van der Waals surface area contributed by atoms with Gasteiger partial charge in [0.1, 0.15) is 17.1 Å². The maximum atomic E-state index is 14.4. The van der Waals surface area contributed by atoms with Gasteiger partial charge in [0.2, 0.25) is 11.2 Å². The SMILES string of the molecule is CCCc1ccc(Oc2c(C(F)(F)F)oc3c(CN4CCOCC4)c(OC(=O)c4ccc(C(C)(C)C)cc4)ccc3c2=O)cc1. The highest BCUT2D eigenvalue weighted by atomic mass is 19.4. The van der Waals surface area contributed by atoms with Gasteiger partial charge in [-0.25, -0.2) is 4.79 Å². The first-order chi connectivity index (χ1) is 21.3. The average Bonchev–Trinajstić information content (AvgIpc) is 3.00. The molecule has 1 aliphatic heterocycles. The predicted octanol–water partition coefficient (Wildman–Crippen LogP) is 7.91. The van der Waals surface area contributed by atoms with Gasteiger partial charge in [0, 0.05) is 19.6 Å². The minimum atomic E-state index is -5.05. The molecule has 45 heavy (non-hydrogen) atoms. The van der Waals surface area contributed by atoms with E-state index in [-0.39, 0.29) is 45.6 Å². The zero-order valence-corrected chi connectivity index (χ0v) is 25.8. The Bertz CT molecular complexity index is 1720. The van der Waals surface area contributed by atoms with Gasteiger partial charge in [0.05, 0.1) is 29.7 Å². The van der Waals surface area contributed by atoms with Gasteiger partial charge in [0.15, 0.2) is 0 Å². The van der Waals surface area contributed by atoms with Crippen molar-refractivity contribution in [2.45, 2.75) is 58.7 Å². The Morgan fingerprint density at radius 1 is 0.933 bits per heavy atom. The predicted molar refractivity (Wildman–Crippen MR) is 164 cm³/mol. The number of alkyl halides is 3. The van der Waals surface area contributed by atoms with E-state index in [0.717, 1.165) is 24.0 Å². The van der Waals surface area contributed by atoms with Crippen molar-refractivity contribution in [1.82, 2.24) is 4.90 Å². The minimum absolute atomic E-state index is 0.00431. The minimum Gasteiger partial charge on any atom is -0.449 e. The molecule has 238 valence electrons. The molecule has 0 spiro atoms. The molecule has 0 N–H and O–H groups in total. The number of hydrogen-bond acceptors (Lipinski definition) is 7. The van der Waals surface area contributed by atoms with Crippen molar-refractivity contribution in [3.8, 4) is 17.2 Å². The normalized spacial score (nSPS) is 14.5. The van der Waals surface area contributed by atoms with Gasteiger partial charge in [-0.05, 0) is 59.4 Å². The first-order valence-corrected chi connectivity index (χ1v) is 14.9. The molecule has 7 nitrogen and oxygen atoms in total. The fourth-order valence-electron chi connectivity index (χ4n) is 5.18. The number of nitrogens with zero attached hydrogens (tertiary/aromatic N) is 1. The molecule has 0 amide bonds. The highest BCUT2D eigenvalue weighted by molar-refractivity contribution is 5.92. The lowest BCUT2D eigenvalue weighted by Gasteiger charge is -2.27. The van der Waals surface area contributed by atoms with E-state index in [1.165, 1.54) is 24.3 Å². The van der Waals surface area contributed by atoms with E-state index in [9.17, 15) is 22.8 Å². The van der Waals surface area contributed by atoms with Crippen molar-refractivity contribution in [1.29, 1.82) is 0 Å². The van der Waals surface area contributed by atoms with E-state index in [0.29, 0.717) is 26.3 Å². The van der Waals surface area contributed by atoms with Crippen LogP contribution >= 0.6 is 0 Å². The van der Waals surface area contributed by atoms with E-state index in [1.54, 1.807) is 24.3 Å². The summed E-state index contributed by atoms with van der Waals surface area (Å²) in [6, 6.07) is 16.2. The molecule has 5 rings (SSSR count). The Morgan fingerprint density at radius 3 is 2.20 bits per heavy atom. The molecule has 1 fully saturated rings. The number of ether oxygens (including phenoxy) is 3. The molecule has 1 aliphatic rings. The van der Waals surface area contributed by atoms with E-state index >= 15 is 0 Å². The molecule has 0 atom stereocenters. The van der Waals surface area contributed by atoms with Gasteiger partial charge < -0.3 is 18.6 Å². The van der Waals surface area contributed by atoms with Gasteiger partial charge in [0.25, 0.3) is 5.76 Å². The summed E-state index contributed by atoms with van der Waals surface area (Å²) < 4.78 is 65.6. The lowest BCUT2D eigenvalue weighted by molar-refractivity contribution is -0.154. The van der Waals surface area contributed by atoms with Crippen LogP contribution in [0.4, 0.5) is 13.2 Å². The Balaban J connectivity index is 1.59. The molecule has 1 aromatic heterocycles. The molecule has 1 saturated heterocycles. The molecule has 0 bridgehead atoms. The highest BCUT2D eigenvalue weighted by Gasteiger charge is 2.41. The van der Waals surface area contributed by atoms with Crippen molar-refractivity contribution in [3.05, 3.63) is 98.9 Å². The van der Waals surface area contributed by atoms with Crippen molar-refractivity contribution >= 4 is 16.9 Å². The van der Waals surface area contributed by atoms with Gasteiger partial charge in [-0.1, -0.05) is 58.4 Å². The fraction of sp³-hybridized carbons (Fsp3) is 0.371. The number of aryl methyl sites for hydroxylation is 1. The standard InChI is InChI=1S/C35H36F3NO6/c1-5-6-22-7-13-25(14-8-22)43-31-29(40)26-15-16-28(44-33(41)23-9-11-24(12-10-23)34(2,3)4)27(21-39-17-19-42-20-18-39)30(26)45-32(31)35(36,37)38/h7-16H,5-6,17-21H2,1-4H3. The molecule has 0 radical (unpaired) electrons. The quantitative estimate of drug-likeness (QED) is 0.146. The van der Waals surface area contributed by atoms with E-state index < -0.39 is 29.1 Å². The second-order valence-corrected chi connectivity index (χ2v) is 12.1. The topological polar surface area (TPSA) is 78.2 Å². The number of esters is 1. The second kappa shape index (κ2) is 13.1. The number of benzene rings is 3. The van der Waals surface area contributed by atoms with Crippen molar-refractivity contribution in [2.75, 3.05) is 26.3 Å². The summed E-state index contributed by atoms with van der Waals surface area (Å²) >= 11 is 0. The summed E-state index contributed by atoms with van der Waals surface area (Å²) in [7, 11) is 0. The summed E-state index contributed by atoms with van der Waals surface area (Å²) in [5.41, 5.74) is 0.998. The van der Waals surface area contributed by atoms with Crippen molar-refractivity contribution < 1.29 is 36.6 Å². The molecule has 3 aromatic carbocycles. The number of carbonyl (C=O) groups excluding carboxylic acids is 1. The lowest BCUT2D eigenvalue weighted by atomic mass is 9.87. The van der Waals surface area contributed by atoms with Crippen LogP contribution in [-0.4, -0.2) is 37.2 Å². The molecular formula is C35H36F3NO6. The zero-order valence-electron chi connectivity index (χ0n) is 25.8. The third kappa shape index (κ3) is 7.40. The number of halogens is 3. The molecule has 0 saturated carbocycles. The van der Waals surface area contributed by atoms with Crippen LogP contribution in [0.2, 0.25) is 0 Å². The number of hydrogen-bond donors (Lipinski definition) is 0. The maximum Gasteiger partial charge on any atom is 0.453 e. The van der Waals surface area contributed by atoms with Gasteiger partial charge in [-0.3, -0.25) is 9.69 Å². The number of fused-ring (bicyclic) bond motifs is 1. The number of morpholine rings is 1. The second-order valence-electron chi connectivity index (χ2n) is 12.1. The van der Waals surface area contributed by atoms with Crippen LogP contribution < -0.4 is 14.9 Å². The lowest BCUT2D eigenvalue weighted by Crippen LogP contribution is -2.36. The number of rotatable bonds is 8.